The molecule has 7 nitrogen and oxygen atoms in total. The zero-order valence-corrected chi connectivity index (χ0v) is 11.3. The number of carboxylic acid groups (broad SMARTS) is 1. The van der Waals surface area contributed by atoms with Crippen molar-refractivity contribution in [2.75, 3.05) is 5.32 Å². The van der Waals surface area contributed by atoms with Gasteiger partial charge in [-0.1, -0.05) is 12.8 Å². The number of nitrogens with zero attached hydrogens (tertiary/aromatic N) is 4. The molecule has 1 aliphatic rings. The molecule has 20 heavy (non-hydrogen) atoms. The number of aryl methyl sites for hydroxylation is 1. The topological polar surface area (TPSA) is 92.4 Å². The van der Waals surface area contributed by atoms with Crippen molar-refractivity contribution < 1.29 is 9.90 Å². The lowest BCUT2D eigenvalue weighted by Crippen LogP contribution is -2.37. The van der Waals surface area contributed by atoms with Crippen molar-refractivity contribution >= 4 is 17.6 Å². The number of hydrogen-bond acceptors (Lipinski definition) is 5. The molecule has 1 saturated carbocycles. The van der Waals surface area contributed by atoms with Gasteiger partial charge in [0.1, 0.15) is 12.1 Å². The highest BCUT2D eigenvalue weighted by Gasteiger charge is 2.31. The number of carbonyl (C=O) groups is 1. The molecular weight excluding hydrogens is 258 g/mol. The molecule has 0 aliphatic heterocycles. The van der Waals surface area contributed by atoms with E-state index in [9.17, 15) is 9.90 Å². The van der Waals surface area contributed by atoms with Crippen LogP contribution in [0.25, 0.3) is 5.78 Å². The molecule has 2 aromatic rings. The Kier molecular flexibility index (Phi) is 3.25. The van der Waals surface area contributed by atoms with Crippen molar-refractivity contribution in [2.45, 2.75) is 38.6 Å². The van der Waals surface area contributed by atoms with Crippen molar-refractivity contribution in [1.82, 2.24) is 19.6 Å². The second kappa shape index (κ2) is 5.07. The fourth-order valence-electron chi connectivity index (χ4n) is 2.82. The van der Waals surface area contributed by atoms with Crippen molar-refractivity contribution in [1.29, 1.82) is 0 Å². The van der Waals surface area contributed by atoms with E-state index in [-0.39, 0.29) is 12.0 Å². The van der Waals surface area contributed by atoms with E-state index in [1.165, 1.54) is 6.33 Å². The predicted octanol–water partition coefficient (Wildman–Crippen LogP) is 1.49. The first-order valence-corrected chi connectivity index (χ1v) is 6.82. The summed E-state index contributed by atoms with van der Waals surface area (Å²) in [6.45, 7) is 1.88. The Balaban J connectivity index is 1.91. The molecule has 2 N–H and O–H groups in total. The molecule has 0 bridgehead atoms. The van der Waals surface area contributed by atoms with Gasteiger partial charge in [-0.3, -0.25) is 4.79 Å². The zero-order chi connectivity index (χ0) is 14.1. The van der Waals surface area contributed by atoms with Crippen LogP contribution in [0.4, 0.5) is 5.82 Å². The third-order valence-electron chi connectivity index (χ3n) is 3.80. The van der Waals surface area contributed by atoms with Gasteiger partial charge in [0.25, 0.3) is 5.78 Å². The summed E-state index contributed by atoms with van der Waals surface area (Å²) in [5.74, 6) is 0.192. The van der Waals surface area contributed by atoms with Crippen molar-refractivity contribution in [2.24, 2.45) is 5.92 Å². The minimum absolute atomic E-state index is 0.0737. The number of rotatable bonds is 3. The van der Waals surface area contributed by atoms with Gasteiger partial charge in [-0.15, -0.1) is 0 Å². The summed E-state index contributed by atoms with van der Waals surface area (Å²) in [5, 5.41) is 16.8. The summed E-state index contributed by atoms with van der Waals surface area (Å²) >= 11 is 0. The van der Waals surface area contributed by atoms with Gasteiger partial charge in [-0.2, -0.15) is 14.6 Å². The molecule has 2 atom stereocenters. The summed E-state index contributed by atoms with van der Waals surface area (Å²) in [6.07, 6.45) is 5.05. The normalized spacial score (nSPS) is 22.9. The zero-order valence-electron chi connectivity index (χ0n) is 11.3. The predicted molar refractivity (Wildman–Crippen MR) is 72.5 cm³/mol. The highest BCUT2D eigenvalue weighted by molar-refractivity contribution is 5.71. The summed E-state index contributed by atoms with van der Waals surface area (Å²) in [6, 6.07) is 1.80. The maximum atomic E-state index is 11.3. The second-order valence-electron chi connectivity index (χ2n) is 5.23. The Hall–Kier alpha value is -2.18. The molecule has 1 aliphatic carbocycles. The van der Waals surface area contributed by atoms with Gasteiger partial charge in [-0.05, 0) is 19.8 Å². The molecule has 2 heterocycles. The molecule has 0 saturated heterocycles. The number of hydrogen-bond donors (Lipinski definition) is 2. The Morgan fingerprint density at radius 1 is 1.45 bits per heavy atom. The highest BCUT2D eigenvalue weighted by Crippen LogP contribution is 2.27. The minimum atomic E-state index is -0.734. The first-order chi connectivity index (χ1) is 9.65. The van der Waals surface area contributed by atoms with Gasteiger partial charge in [0, 0.05) is 17.8 Å². The van der Waals surface area contributed by atoms with E-state index in [4.69, 9.17) is 0 Å². The smallest absolute Gasteiger partial charge is 0.308 e. The van der Waals surface area contributed by atoms with Gasteiger partial charge < -0.3 is 10.4 Å². The van der Waals surface area contributed by atoms with Gasteiger partial charge in [-0.25, -0.2) is 4.98 Å². The number of anilines is 1. The summed E-state index contributed by atoms with van der Waals surface area (Å²) in [7, 11) is 0. The van der Waals surface area contributed by atoms with Crippen molar-refractivity contribution in [3.63, 3.8) is 0 Å². The van der Waals surface area contributed by atoms with Crippen LogP contribution in [0, 0.1) is 12.8 Å². The molecule has 2 unspecified atom stereocenters. The minimum Gasteiger partial charge on any atom is -0.481 e. The lowest BCUT2D eigenvalue weighted by atomic mass is 9.84. The first-order valence-electron chi connectivity index (χ1n) is 6.82. The molecule has 2 aromatic heterocycles. The van der Waals surface area contributed by atoms with Gasteiger partial charge >= 0.3 is 5.97 Å². The van der Waals surface area contributed by atoms with Crippen LogP contribution in [-0.4, -0.2) is 36.7 Å². The molecule has 1 fully saturated rings. The fourth-order valence-corrected chi connectivity index (χ4v) is 2.82. The van der Waals surface area contributed by atoms with Crippen LogP contribution in [0.5, 0.6) is 0 Å². The standard InChI is InChI=1S/C13H17N5O2/c1-8-6-11(18-13(16-8)14-7-15-18)17-10-5-3-2-4-9(10)12(19)20/h6-7,9-10,17H,2-5H2,1H3,(H,19,20). The van der Waals surface area contributed by atoms with Crippen LogP contribution < -0.4 is 5.32 Å². The van der Waals surface area contributed by atoms with E-state index < -0.39 is 5.97 Å². The van der Waals surface area contributed by atoms with Gasteiger partial charge in [0.2, 0.25) is 0 Å². The maximum absolute atomic E-state index is 11.3. The maximum Gasteiger partial charge on any atom is 0.308 e. The molecular formula is C13H17N5O2. The molecule has 0 aromatic carbocycles. The Morgan fingerprint density at radius 2 is 2.25 bits per heavy atom. The van der Waals surface area contributed by atoms with Crippen LogP contribution in [0.1, 0.15) is 31.4 Å². The van der Waals surface area contributed by atoms with E-state index in [0.717, 1.165) is 37.2 Å². The summed E-state index contributed by atoms with van der Waals surface area (Å²) < 4.78 is 1.61. The molecule has 0 amide bonds. The summed E-state index contributed by atoms with van der Waals surface area (Å²) in [5.41, 5.74) is 0.829. The third kappa shape index (κ3) is 2.31. The van der Waals surface area contributed by atoms with Gasteiger partial charge in [0.05, 0.1) is 5.92 Å². The molecule has 0 spiro atoms. The van der Waals surface area contributed by atoms with E-state index >= 15 is 0 Å². The van der Waals surface area contributed by atoms with Gasteiger partial charge in [0.15, 0.2) is 0 Å². The highest BCUT2D eigenvalue weighted by atomic mass is 16.4. The molecule has 7 heteroatoms. The number of aliphatic carboxylic acids is 1. The average Bonchev–Trinajstić information content (AvgIpc) is 2.87. The van der Waals surface area contributed by atoms with Crippen LogP contribution in [0.15, 0.2) is 12.4 Å². The first kappa shape index (κ1) is 12.8. The lowest BCUT2D eigenvalue weighted by molar-refractivity contribution is -0.143. The quantitative estimate of drug-likeness (QED) is 0.881. The number of fused-ring (bicyclic) bond motifs is 1. The van der Waals surface area contributed by atoms with Crippen LogP contribution in [-0.2, 0) is 4.79 Å². The van der Waals surface area contributed by atoms with Crippen molar-refractivity contribution in [3.8, 4) is 0 Å². The van der Waals surface area contributed by atoms with Crippen LogP contribution in [0.2, 0.25) is 0 Å². The summed E-state index contributed by atoms with van der Waals surface area (Å²) in [4.78, 5) is 19.7. The number of nitrogens with one attached hydrogen (secondary N) is 1. The Morgan fingerprint density at radius 3 is 3.05 bits per heavy atom. The molecule has 3 rings (SSSR count). The lowest BCUT2D eigenvalue weighted by Gasteiger charge is -2.30. The van der Waals surface area contributed by atoms with E-state index in [1.54, 1.807) is 4.52 Å². The molecule has 0 radical (unpaired) electrons. The Bertz CT molecular complexity index is 639. The van der Waals surface area contributed by atoms with Crippen LogP contribution in [0.3, 0.4) is 0 Å². The average molecular weight is 275 g/mol. The Labute approximate surface area is 116 Å². The van der Waals surface area contributed by atoms with E-state index in [0.29, 0.717) is 5.78 Å². The number of aromatic nitrogens is 4. The number of carboxylic acids is 1. The van der Waals surface area contributed by atoms with E-state index in [1.807, 2.05) is 13.0 Å². The van der Waals surface area contributed by atoms with Crippen molar-refractivity contribution in [3.05, 3.63) is 18.1 Å². The van der Waals surface area contributed by atoms with Crippen LogP contribution >= 0.6 is 0 Å². The third-order valence-corrected chi connectivity index (χ3v) is 3.80. The molecule has 106 valence electrons. The van der Waals surface area contributed by atoms with E-state index in [2.05, 4.69) is 20.4 Å². The largest absolute Gasteiger partial charge is 0.481 e. The SMILES string of the molecule is Cc1cc(NC2CCCCC2C(=O)O)n2ncnc2n1. The second-order valence-corrected chi connectivity index (χ2v) is 5.23. The fraction of sp³-hybridized carbons (Fsp3) is 0.538. The monoisotopic (exact) mass is 275 g/mol.